The molecule has 4 rings (SSSR count). The highest BCUT2D eigenvalue weighted by molar-refractivity contribution is 6.06. The maximum absolute atomic E-state index is 13.9. The fourth-order valence-corrected chi connectivity index (χ4v) is 3.51. The summed E-state index contributed by atoms with van der Waals surface area (Å²) in [5.41, 5.74) is -1.87. The molecule has 1 saturated carbocycles. The highest BCUT2D eigenvalue weighted by atomic mass is 19.4. The van der Waals surface area contributed by atoms with Crippen LogP contribution in [-0.4, -0.2) is 29.2 Å². The zero-order chi connectivity index (χ0) is 25.2. The predicted molar refractivity (Wildman–Crippen MR) is 117 cm³/mol. The Hall–Kier alpha value is -3.86. The fourth-order valence-electron chi connectivity index (χ4n) is 3.51. The average molecular weight is 492 g/mol. The summed E-state index contributed by atoms with van der Waals surface area (Å²) in [6, 6.07) is 7.56. The van der Waals surface area contributed by atoms with E-state index in [1.807, 2.05) is 0 Å². The van der Waals surface area contributed by atoms with Crippen molar-refractivity contribution in [3.63, 3.8) is 0 Å². The Labute approximate surface area is 196 Å². The summed E-state index contributed by atoms with van der Waals surface area (Å²) < 4.78 is 66.4. The van der Waals surface area contributed by atoms with E-state index in [0.29, 0.717) is 18.9 Å². The third kappa shape index (κ3) is 5.80. The molecule has 3 N–H and O–H groups in total. The predicted octanol–water partition coefficient (Wildman–Crippen LogP) is 4.83. The lowest BCUT2D eigenvalue weighted by atomic mass is 9.98. The van der Waals surface area contributed by atoms with Gasteiger partial charge in [-0.25, -0.2) is 4.39 Å². The Morgan fingerprint density at radius 2 is 1.86 bits per heavy atom. The number of amides is 1. The van der Waals surface area contributed by atoms with Crippen LogP contribution in [0.1, 0.15) is 40.2 Å². The Morgan fingerprint density at radius 1 is 1.09 bits per heavy atom. The van der Waals surface area contributed by atoms with Crippen LogP contribution in [0.4, 0.5) is 23.2 Å². The number of aliphatic hydroxyl groups excluding tert-OH is 1. The molecule has 11 heteroatoms. The van der Waals surface area contributed by atoms with Crippen molar-refractivity contribution in [2.24, 2.45) is 0 Å². The Kier molecular flexibility index (Phi) is 6.79. The fraction of sp³-hybridized carbons (Fsp3) is 0.250. The zero-order valence-electron chi connectivity index (χ0n) is 18.1. The van der Waals surface area contributed by atoms with Gasteiger partial charge in [-0.15, -0.1) is 0 Å². The SMILES string of the molecule is O=C(Nc1cc[nH]c(=O)c1)c1cc(C(F)(F)F)c(C2CC2)cc1Oc1ccc(F)cc1OCCO. The van der Waals surface area contributed by atoms with Gasteiger partial charge in [0.05, 0.1) is 17.7 Å². The van der Waals surface area contributed by atoms with E-state index in [-0.39, 0.29) is 47.6 Å². The van der Waals surface area contributed by atoms with E-state index < -0.39 is 34.6 Å². The average Bonchev–Trinajstić information content (AvgIpc) is 3.63. The molecule has 0 atom stereocenters. The second kappa shape index (κ2) is 9.79. The van der Waals surface area contributed by atoms with Crippen molar-refractivity contribution in [1.82, 2.24) is 4.98 Å². The van der Waals surface area contributed by atoms with E-state index in [2.05, 4.69) is 10.3 Å². The summed E-state index contributed by atoms with van der Waals surface area (Å²) >= 11 is 0. The van der Waals surface area contributed by atoms with E-state index in [4.69, 9.17) is 14.6 Å². The number of halogens is 4. The van der Waals surface area contributed by atoms with Gasteiger partial charge in [0.1, 0.15) is 18.2 Å². The number of anilines is 1. The number of pyridine rings is 1. The molecule has 1 aliphatic carbocycles. The van der Waals surface area contributed by atoms with Crippen LogP contribution in [0, 0.1) is 5.82 Å². The van der Waals surface area contributed by atoms with E-state index in [1.165, 1.54) is 18.3 Å². The van der Waals surface area contributed by atoms with Gasteiger partial charge in [-0.05, 0) is 54.7 Å². The molecule has 0 saturated heterocycles. The standard InChI is InChI=1S/C24H20F4N2O5/c25-14-3-4-19(21(9-14)34-8-7-31)35-20-12-16(13-1-2-13)18(24(26,27)28)11-17(20)23(33)30-15-5-6-29-22(32)10-15/h3-6,9-13,31H,1-2,7-8H2,(H2,29,30,32,33). The third-order valence-electron chi connectivity index (χ3n) is 5.23. The van der Waals surface area contributed by atoms with Crippen LogP contribution in [0.25, 0.3) is 0 Å². The van der Waals surface area contributed by atoms with Crippen LogP contribution < -0.4 is 20.3 Å². The van der Waals surface area contributed by atoms with Crippen LogP contribution in [0.3, 0.4) is 0 Å². The number of carbonyl (C=O) groups excluding carboxylic acids is 1. The van der Waals surface area contributed by atoms with Gasteiger partial charge in [-0.3, -0.25) is 9.59 Å². The highest BCUT2D eigenvalue weighted by Crippen LogP contribution is 2.48. The Morgan fingerprint density at radius 3 is 2.51 bits per heavy atom. The molecule has 1 aromatic heterocycles. The zero-order valence-corrected chi connectivity index (χ0v) is 18.1. The topological polar surface area (TPSA) is 101 Å². The Balaban J connectivity index is 1.80. The lowest BCUT2D eigenvalue weighted by Gasteiger charge is -2.19. The van der Waals surface area contributed by atoms with Gasteiger partial charge >= 0.3 is 6.18 Å². The maximum Gasteiger partial charge on any atom is 0.416 e. The molecule has 1 amide bonds. The van der Waals surface area contributed by atoms with Gasteiger partial charge < -0.3 is 24.9 Å². The first kappa shape index (κ1) is 24.3. The van der Waals surface area contributed by atoms with Crippen LogP contribution >= 0.6 is 0 Å². The number of aromatic amines is 1. The normalized spacial score (nSPS) is 13.4. The summed E-state index contributed by atoms with van der Waals surface area (Å²) in [6.07, 6.45) is -2.33. The van der Waals surface area contributed by atoms with Crippen molar-refractivity contribution in [1.29, 1.82) is 0 Å². The molecule has 2 aromatic carbocycles. The quantitative estimate of drug-likeness (QED) is 0.392. The molecule has 0 radical (unpaired) electrons. The van der Waals surface area contributed by atoms with Gasteiger partial charge in [0.2, 0.25) is 5.56 Å². The lowest BCUT2D eigenvalue weighted by molar-refractivity contribution is -0.138. The van der Waals surface area contributed by atoms with E-state index in [1.54, 1.807) is 0 Å². The van der Waals surface area contributed by atoms with Gasteiger partial charge in [-0.1, -0.05) is 0 Å². The monoisotopic (exact) mass is 492 g/mol. The minimum Gasteiger partial charge on any atom is -0.487 e. The summed E-state index contributed by atoms with van der Waals surface area (Å²) in [6.45, 7) is -0.554. The van der Waals surface area contributed by atoms with Crippen molar-refractivity contribution in [3.05, 3.63) is 81.5 Å². The van der Waals surface area contributed by atoms with Gasteiger partial charge in [0, 0.05) is 24.0 Å². The first-order valence-corrected chi connectivity index (χ1v) is 10.6. The van der Waals surface area contributed by atoms with Crippen molar-refractivity contribution >= 4 is 11.6 Å². The first-order valence-electron chi connectivity index (χ1n) is 10.6. The number of hydrogen-bond donors (Lipinski definition) is 3. The molecule has 7 nitrogen and oxygen atoms in total. The largest absolute Gasteiger partial charge is 0.487 e. The van der Waals surface area contributed by atoms with Gasteiger partial charge in [0.15, 0.2) is 11.5 Å². The molecule has 0 unspecified atom stereocenters. The Bertz CT molecular complexity index is 1300. The molecule has 0 bridgehead atoms. The molecular weight excluding hydrogens is 472 g/mol. The van der Waals surface area contributed by atoms with Crippen LogP contribution in [0.2, 0.25) is 0 Å². The number of carbonyl (C=O) groups is 1. The van der Waals surface area contributed by atoms with E-state index >= 15 is 0 Å². The molecule has 1 heterocycles. The number of nitrogens with one attached hydrogen (secondary N) is 2. The molecular formula is C24H20F4N2O5. The summed E-state index contributed by atoms with van der Waals surface area (Å²) in [4.78, 5) is 26.9. The van der Waals surface area contributed by atoms with Gasteiger partial charge in [0.25, 0.3) is 5.91 Å². The molecule has 0 spiro atoms. The second-order valence-electron chi connectivity index (χ2n) is 7.87. The number of aromatic nitrogens is 1. The minimum atomic E-state index is -4.72. The molecule has 0 aliphatic heterocycles. The highest BCUT2D eigenvalue weighted by Gasteiger charge is 2.40. The van der Waals surface area contributed by atoms with Crippen LogP contribution in [0.15, 0.2) is 53.5 Å². The lowest BCUT2D eigenvalue weighted by Crippen LogP contribution is -2.18. The molecule has 3 aromatic rings. The molecule has 1 aliphatic rings. The van der Waals surface area contributed by atoms with Crippen molar-refractivity contribution in [2.75, 3.05) is 18.5 Å². The van der Waals surface area contributed by atoms with E-state index in [9.17, 15) is 27.2 Å². The second-order valence-corrected chi connectivity index (χ2v) is 7.87. The number of hydrogen-bond acceptors (Lipinski definition) is 5. The summed E-state index contributed by atoms with van der Waals surface area (Å²) in [5.74, 6) is -2.32. The number of alkyl halides is 3. The van der Waals surface area contributed by atoms with Crippen molar-refractivity contribution in [2.45, 2.75) is 24.9 Å². The van der Waals surface area contributed by atoms with Gasteiger partial charge in [-0.2, -0.15) is 13.2 Å². The number of aliphatic hydroxyl groups is 1. The summed E-state index contributed by atoms with van der Waals surface area (Å²) in [5, 5.41) is 11.4. The molecule has 1 fully saturated rings. The number of H-pyrrole nitrogens is 1. The van der Waals surface area contributed by atoms with Crippen molar-refractivity contribution in [3.8, 4) is 17.2 Å². The van der Waals surface area contributed by atoms with Crippen LogP contribution in [-0.2, 0) is 6.18 Å². The summed E-state index contributed by atoms with van der Waals surface area (Å²) in [7, 11) is 0. The maximum atomic E-state index is 13.9. The molecule has 35 heavy (non-hydrogen) atoms. The third-order valence-corrected chi connectivity index (χ3v) is 5.23. The number of benzene rings is 2. The first-order chi connectivity index (χ1) is 16.7. The van der Waals surface area contributed by atoms with E-state index in [0.717, 1.165) is 24.3 Å². The number of ether oxygens (including phenoxy) is 2. The van der Waals surface area contributed by atoms with Crippen LogP contribution in [0.5, 0.6) is 17.2 Å². The van der Waals surface area contributed by atoms with Crippen molar-refractivity contribution < 1.29 is 36.9 Å². The number of rotatable bonds is 8. The smallest absolute Gasteiger partial charge is 0.416 e. The minimum absolute atomic E-state index is 0.0138. The molecule has 184 valence electrons.